The molecule has 3 heteroatoms. The molecule has 0 N–H and O–H groups in total. The van der Waals surface area contributed by atoms with E-state index in [0.29, 0.717) is 5.92 Å². The normalized spacial score (nSPS) is 44.2. The van der Waals surface area contributed by atoms with Crippen molar-refractivity contribution in [3.05, 3.63) is 0 Å². The van der Waals surface area contributed by atoms with Crippen LogP contribution in [0.5, 0.6) is 0 Å². The Morgan fingerprint density at radius 1 is 1.06 bits per heavy atom. The minimum atomic E-state index is -0.104. The lowest BCUT2D eigenvalue weighted by Crippen LogP contribution is -2.58. The van der Waals surface area contributed by atoms with E-state index in [1.165, 1.54) is 38.8 Å². The van der Waals surface area contributed by atoms with Gasteiger partial charge in [0.1, 0.15) is 5.54 Å². The second kappa shape index (κ2) is 4.01. The van der Waals surface area contributed by atoms with Crippen LogP contribution in [-0.2, 0) is 0 Å². The number of piperidine rings is 2. The Bertz CT molecular complexity index is 303. The molecule has 16 heavy (non-hydrogen) atoms. The standard InChI is InChI=1S/C13H21N3/c14-11-13(16-6-2-1-3-7-16)5-9-15-8-4-12(13)10-15/h12H,1-10H2. The van der Waals surface area contributed by atoms with Gasteiger partial charge >= 0.3 is 0 Å². The first kappa shape index (κ1) is 10.6. The highest BCUT2D eigenvalue weighted by atomic mass is 15.3. The Morgan fingerprint density at radius 2 is 1.88 bits per heavy atom. The molecular weight excluding hydrogens is 198 g/mol. The predicted molar refractivity (Wildman–Crippen MR) is 62.9 cm³/mol. The molecule has 0 radical (unpaired) electrons. The zero-order valence-electron chi connectivity index (χ0n) is 9.99. The summed E-state index contributed by atoms with van der Waals surface area (Å²) in [4.78, 5) is 5.05. The number of hydrogen-bond acceptors (Lipinski definition) is 3. The van der Waals surface area contributed by atoms with Crippen LogP contribution in [0.2, 0.25) is 0 Å². The average molecular weight is 219 g/mol. The Kier molecular flexibility index (Phi) is 2.65. The van der Waals surface area contributed by atoms with E-state index in [4.69, 9.17) is 0 Å². The zero-order chi connectivity index (χ0) is 11.0. The molecule has 0 saturated carbocycles. The van der Waals surface area contributed by atoms with E-state index in [9.17, 15) is 5.26 Å². The van der Waals surface area contributed by atoms with Crippen molar-refractivity contribution < 1.29 is 0 Å². The van der Waals surface area contributed by atoms with E-state index in [2.05, 4.69) is 15.9 Å². The van der Waals surface area contributed by atoms with Crippen LogP contribution in [0, 0.1) is 17.2 Å². The molecule has 0 aromatic carbocycles. The van der Waals surface area contributed by atoms with Gasteiger partial charge in [-0.25, -0.2) is 0 Å². The fourth-order valence-corrected chi connectivity index (χ4v) is 3.89. The van der Waals surface area contributed by atoms with E-state index in [1.54, 1.807) is 0 Å². The van der Waals surface area contributed by atoms with Gasteiger partial charge in [0.15, 0.2) is 0 Å². The molecule has 3 fully saturated rings. The van der Waals surface area contributed by atoms with E-state index >= 15 is 0 Å². The highest BCUT2D eigenvalue weighted by molar-refractivity contribution is 5.17. The van der Waals surface area contributed by atoms with Crippen molar-refractivity contribution in [2.24, 2.45) is 5.92 Å². The van der Waals surface area contributed by atoms with E-state index < -0.39 is 0 Å². The van der Waals surface area contributed by atoms with Gasteiger partial charge in [-0.3, -0.25) is 4.90 Å². The molecule has 3 aliphatic heterocycles. The van der Waals surface area contributed by atoms with Gasteiger partial charge < -0.3 is 4.90 Å². The fraction of sp³-hybridized carbons (Fsp3) is 0.923. The first-order chi connectivity index (χ1) is 7.85. The number of likely N-dealkylation sites (tertiary alicyclic amines) is 1. The molecule has 3 saturated heterocycles. The molecule has 0 spiro atoms. The monoisotopic (exact) mass is 219 g/mol. The highest BCUT2D eigenvalue weighted by Gasteiger charge is 2.50. The number of hydrogen-bond donors (Lipinski definition) is 0. The molecule has 3 atom stereocenters. The Balaban J connectivity index is 1.84. The topological polar surface area (TPSA) is 30.3 Å². The van der Waals surface area contributed by atoms with Gasteiger partial charge in [-0.15, -0.1) is 0 Å². The highest BCUT2D eigenvalue weighted by Crippen LogP contribution is 2.40. The summed E-state index contributed by atoms with van der Waals surface area (Å²) in [6.45, 7) is 5.85. The third-order valence-corrected chi connectivity index (χ3v) is 4.87. The average Bonchev–Trinajstić information content (AvgIpc) is 2.76. The molecule has 2 bridgehead atoms. The van der Waals surface area contributed by atoms with Gasteiger partial charge in [0, 0.05) is 19.0 Å². The molecule has 0 aromatic rings. The van der Waals surface area contributed by atoms with E-state index in [0.717, 1.165) is 26.1 Å². The zero-order valence-corrected chi connectivity index (χ0v) is 9.99. The van der Waals surface area contributed by atoms with Crippen LogP contribution in [0.1, 0.15) is 32.1 Å². The molecule has 0 aliphatic carbocycles. The molecule has 3 rings (SSSR count). The van der Waals surface area contributed by atoms with Crippen LogP contribution in [0.4, 0.5) is 0 Å². The summed E-state index contributed by atoms with van der Waals surface area (Å²) in [7, 11) is 0. The van der Waals surface area contributed by atoms with Gasteiger partial charge in [-0.05, 0) is 45.3 Å². The van der Waals surface area contributed by atoms with Crippen molar-refractivity contribution in [3.8, 4) is 6.07 Å². The molecule has 3 aliphatic rings. The van der Waals surface area contributed by atoms with Crippen LogP contribution in [0.3, 0.4) is 0 Å². The molecule has 88 valence electrons. The summed E-state index contributed by atoms with van der Waals surface area (Å²) in [5.41, 5.74) is -0.104. The minimum absolute atomic E-state index is 0.104. The fourth-order valence-electron chi connectivity index (χ4n) is 3.89. The summed E-state index contributed by atoms with van der Waals surface area (Å²) in [5.74, 6) is 0.615. The maximum Gasteiger partial charge on any atom is 0.114 e. The summed E-state index contributed by atoms with van der Waals surface area (Å²) in [5, 5.41) is 9.70. The lowest BCUT2D eigenvalue weighted by molar-refractivity contribution is 0.0311. The summed E-state index contributed by atoms with van der Waals surface area (Å²) >= 11 is 0. The first-order valence-electron chi connectivity index (χ1n) is 6.74. The molecular formula is C13H21N3. The summed E-state index contributed by atoms with van der Waals surface area (Å²) in [6.07, 6.45) is 6.26. The van der Waals surface area contributed by atoms with Gasteiger partial charge in [0.25, 0.3) is 0 Å². The van der Waals surface area contributed by atoms with Crippen molar-refractivity contribution in [2.45, 2.75) is 37.6 Å². The third kappa shape index (κ3) is 1.48. The van der Waals surface area contributed by atoms with E-state index in [-0.39, 0.29) is 5.54 Å². The summed E-state index contributed by atoms with van der Waals surface area (Å²) < 4.78 is 0. The smallest absolute Gasteiger partial charge is 0.114 e. The number of rotatable bonds is 1. The Labute approximate surface area is 98.0 Å². The maximum atomic E-state index is 9.70. The van der Waals surface area contributed by atoms with Crippen LogP contribution < -0.4 is 0 Å². The Morgan fingerprint density at radius 3 is 2.62 bits per heavy atom. The lowest BCUT2D eigenvalue weighted by atomic mass is 9.77. The molecule has 0 amide bonds. The van der Waals surface area contributed by atoms with Gasteiger partial charge in [-0.1, -0.05) is 6.42 Å². The van der Waals surface area contributed by atoms with Crippen molar-refractivity contribution in [3.63, 3.8) is 0 Å². The van der Waals surface area contributed by atoms with Crippen LogP contribution in [0.15, 0.2) is 0 Å². The van der Waals surface area contributed by atoms with Crippen molar-refractivity contribution in [2.75, 3.05) is 32.7 Å². The number of fused-ring (bicyclic) bond motifs is 2. The van der Waals surface area contributed by atoms with E-state index in [1.807, 2.05) is 0 Å². The molecule has 0 aromatic heterocycles. The first-order valence-corrected chi connectivity index (χ1v) is 6.74. The van der Waals surface area contributed by atoms with Gasteiger partial charge in [0.2, 0.25) is 0 Å². The second-order valence-electron chi connectivity index (χ2n) is 5.62. The van der Waals surface area contributed by atoms with Gasteiger partial charge in [-0.2, -0.15) is 5.26 Å². The van der Waals surface area contributed by atoms with Crippen LogP contribution >= 0.6 is 0 Å². The quantitative estimate of drug-likeness (QED) is 0.669. The molecule has 3 unspecified atom stereocenters. The summed E-state index contributed by atoms with van der Waals surface area (Å²) in [6, 6.07) is 2.71. The van der Waals surface area contributed by atoms with Crippen molar-refractivity contribution >= 4 is 0 Å². The van der Waals surface area contributed by atoms with Crippen molar-refractivity contribution in [1.29, 1.82) is 5.26 Å². The maximum absolute atomic E-state index is 9.70. The third-order valence-electron chi connectivity index (χ3n) is 4.87. The Hall–Kier alpha value is -0.590. The second-order valence-corrected chi connectivity index (χ2v) is 5.62. The number of nitrogens with zero attached hydrogens (tertiary/aromatic N) is 3. The van der Waals surface area contributed by atoms with Crippen LogP contribution in [0.25, 0.3) is 0 Å². The number of nitriles is 1. The largest absolute Gasteiger partial charge is 0.303 e. The molecule has 3 heterocycles. The predicted octanol–water partition coefficient (Wildman–Crippen LogP) is 1.46. The molecule has 3 nitrogen and oxygen atoms in total. The lowest BCUT2D eigenvalue weighted by Gasteiger charge is -2.47. The van der Waals surface area contributed by atoms with Gasteiger partial charge in [0.05, 0.1) is 6.07 Å². The minimum Gasteiger partial charge on any atom is -0.303 e. The SMILES string of the molecule is N#CC1(N2CCCCC2)CCN2CCC1C2. The van der Waals surface area contributed by atoms with Crippen LogP contribution in [-0.4, -0.2) is 48.1 Å². The van der Waals surface area contributed by atoms with Crippen molar-refractivity contribution in [1.82, 2.24) is 9.80 Å².